The van der Waals surface area contributed by atoms with Crippen LogP contribution in [-0.2, 0) is 12.8 Å². The van der Waals surface area contributed by atoms with Crippen molar-refractivity contribution in [1.29, 1.82) is 0 Å². The first-order valence-corrected chi connectivity index (χ1v) is 3.94. The summed E-state index contributed by atoms with van der Waals surface area (Å²) in [6, 6.07) is 8.83. The van der Waals surface area contributed by atoms with E-state index >= 15 is 0 Å². The Hall–Kier alpha value is -0.780. The van der Waals surface area contributed by atoms with Crippen molar-refractivity contribution in [2.24, 2.45) is 0 Å². The Morgan fingerprint density at radius 3 is 1.40 bits per heavy atom. The van der Waals surface area contributed by atoms with Crippen LogP contribution in [0.15, 0.2) is 24.3 Å². The maximum absolute atomic E-state index is 2.21. The number of benzene rings is 1. The minimum Gasteiger partial charge on any atom is -0.0613 e. The highest BCUT2D eigenvalue weighted by Gasteiger charge is 1.88. The fourth-order valence-electron chi connectivity index (χ4n) is 1.01. The molecule has 0 heterocycles. The van der Waals surface area contributed by atoms with Crippen LogP contribution in [-0.4, -0.2) is 0 Å². The Balaban J connectivity index is 0. The van der Waals surface area contributed by atoms with Crippen molar-refractivity contribution in [2.45, 2.75) is 26.7 Å². The monoisotopic (exact) mass is 138 g/mol. The van der Waals surface area contributed by atoms with Crippen LogP contribution >= 0.6 is 0 Å². The number of rotatable bonds is 2. The van der Waals surface area contributed by atoms with Crippen molar-refractivity contribution in [1.82, 2.24) is 0 Å². The van der Waals surface area contributed by atoms with Crippen molar-refractivity contribution in [2.75, 3.05) is 0 Å². The fraction of sp³-hybridized carbons (Fsp3) is 0.400. The zero-order valence-corrected chi connectivity index (χ0v) is 6.72. The van der Waals surface area contributed by atoms with Gasteiger partial charge in [0.1, 0.15) is 0 Å². The second kappa shape index (κ2) is 3.40. The summed E-state index contributed by atoms with van der Waals surface area (Å²) in [6.45, 7) is 4.36. The van der Waals surface area contributed by atoms with E-state index in [9.17, 15) is 0 Å². The van der Waals surface area contributed by atoms with Gasteiger partial charge in [0.05, 0.1) is 0 Å². The molecule has 0 aliphatic rings. The highest BCUT2D eigenvalue weighted by atomic mass is 13.9. The van der Waals surface area contributed by atoms with Crippen molar-refractivity contribution >= 4 is 0 Å². The Kier molecular flexibility index (Phi) is 2.49. The van der Waals surface area contributed by atoms with E-state index in [1.165, 1.54) is 11.1 Å². The molecule has 0 aliphatic heterocycles. The lowest BCUT2D eigenvalue weighted by molar-refractivity contribution is 1.10. The zero-order valence-electron chi connectivity index (χ0n) is 6.72. The van der Waals surface area contributed by atoms with E-state index in [-0.39, 0.29) is 2.85 Å². The molecular weight excluding hydrogens is 120 g/mol. The smallest absolute Gasteiger partial charge is 0 e. The second-order valence-electron chi connectivity index (χ2n) is 2.52. The molecule has 0 saturated carbocycles. The predicted molar refractivity (Wildman–Crippen MR) is 49.4 cm³/mol. The van der Waals surface area contributed by atoms with Crippen LogP contribution in [0.25, 0.3) is 0 Å². The maximum Gasteiger partial charge on any atom is 0 e. The number of hydrogen-bond acceptors (Lipinski definition) is 0. The zero-order chi connectivity index (χ0) is 7.40. The van der Waals surface area contributed by atoms with Crippen molar-refractivity contribution in [3.05, 3.63) is 35.4 Å². The summed E-state index contributed by atoms with van der Waals surface area (Å²) >= 11 is 0. The molecule has 58 valence electrons. The third-order valence-electron chi connectivity index (χ3n) is 1.84. The molecule has 0 radical (unpaired) electrons. The van der Waals surface area contributed by atoms with E-state index in [1.807, 2.05) is 0 Å². The van der Waals surface area contributed by atoms with Crippen molar-refractivity contribution in [3.8, 4) is 0 Å². The molecule has 1 rings (SSSR count). The highest BCUT2D eigenvalue weighted by Crippen LogP contribution is 2.04. The molecular formula is C10H18. The van der Waals surface area contributed by atoms with E-state index in [0.717, 1.165) is 12.8 Å². The quantitative estimate of drug-likeness (QED) is 0.588. The first-order valence-electron chi connectivity index (χ1n) is 3.94. The predicted octanol–water partition coefficient (Wildman–Crippen LogP) is 3.30. The van der Waals surface area contributed by atoms with Gasteiger partial charge in [0, 0.05) is 2.85 Å². The Morgan fingerprint density at radius 1 is 0.900 bits per heavy atom. The number of aryl methyl sites for hydroxylation is 2. The van der Waals surface area contributed by atoms with Crippen LogP contribution < -0.4 is 0 Å². The topological polar surface area (TPSA) is 0 Å². The molecule has 1 aromatic rings. The van der Waals surface area contributed by atoms with Crippen LogP contribution in [0.3, 0.4) is 0 Å². The summed E-state index contributed by atoms with van der Waals surface area (Å²) in [5, 5.41) is 0. The average Bonchev–Trinajstić information content (AvgIpc) is 2.05. The van der Waals surface area contributed by atoms with Gasteiger partial charge in [-0.1, -0.05) is 38.1 Å². The molecule has 0 amide bonds. The average molecular weight is 138 g/mol. The lowest BCUT2D eigenvalue weighted by Crippen LogP contribution is -1.81. The van der Waals surface area contributed by atoms with Gasteiger partial charge in [0.25, 0.3) is 0 Å². The molecule has 0 nitrogen and oxygen atoms in total. The van der Waals surface area contributed by atoms with Gasteiger partial charge in [-0.15, -0.1) is 0 Å². The molecule has 0 fully saturated rings. The van der Waals surface area contributed by atoms with Gasteiger partial charge in [0.15, 0.2) is 0 Å². The Morgan fingerprint density at radius 2 is 1.20 bits per heavy atom. The summed E-state index contributed by atoms with van der Waals surface area (Å²) in [7, 11) is 0. The van der Waals surface area contributed by atoms with Gasteiger partial charge in [0.2, 0.25) is 0 Å². The van der Waals surface area contributed by atoms with E-state index < -0.39 is 0 Å². The second-order valence-corrected chi connectivity index (χ2v) is 2.52. The van der Waals surface area contributed by atoms with E-state index in [1.54, 1.807) is 0 Å². The van der Waals surface area contributed by atoms with Crippen molar-refractivity contribution in [3.63, 3.8) is 0 Å². The molecule has 0 saturated heterocycles. The van der Waals surface area contributed by atoms with Gasteiger partial charge >= 0.3 is 0 Å². The maximum atomic E-state index is 2.21. The molecule has 0 unspecified atom stereocenters. The van der Waals surface area contributed by atoms with Crippen LogP contribution in [0.5, 0.6) is 0 Å². The van der Waals surface area contributed by atoms with Crippen LogP contribution in [0.1, 0.15) is 27.8 Å². The molecule has 0 atom stereocenters. The molecule has 0 heteroatoms. The molecule has 0 bridgehead atoms. The standard InChI is InChI=1S/C10H14.2H2/c1-3-9-5-7-10(4-2)8-6-9;;/h5-8H,3-4H2,1-2H3;2*1H. The summed E-state index contributed by atoms with van der Waals surface area (Å²) in [4.78, 5) is 0. The van der Waals surface area contributed by atoms with Gasteiger partial charge in [-0.25, -0.2) is 0 Å². The van der Waals surface area contributed by atoms with Crippen LogP contribution in [0.4, 0.5) is 0 Å². The third kappa shape index (κ3) is 1.60. The first-order chi connectivity index (χ1) is 4.86. The fourth-order valence-corrected chi connectivity index (χ4v) is 1.01. The summed E-state index contributed by atoms with van der Waals surface area (Å²) in [5.74, 6) is 0. The molecule has 0 spiro atoms. The van der Waals surface area contributed by atoms with Gasteiger partial charge in [-0.05, 0) is 24.0 Å². The lowest BCUT2D eigenvalue weighted by Gasteiger charge is -1.97. The minimum atomic E-state index is 0. The largest absolute Gasteiger partial charge is 0.0613 e. The lowest BCUT2D eigenvalue weighted by atomic mass is 10.1. The van der Waals surface area contributed by atoms with Crippen LogP contribution in [0, 0.1) is 0 Å². The molecule has 1 aromatic carbocycles. The Labute approximate surface area is 65.9 Å². The van der Waals surface area contributed by atoms with E-state index in [2.05, 4.69) is 38.1 Å². The Bertz CT molecular complexity index is 168. The summed E-state index contributed by atoms with van der Waals surface area (Å²) < 4.78 is 0. The summed E-state index contributed by atoms with van der Waals surface area (Å²) in [5.41, 5.74) is 2.86. The van der Waals surface area contributed by atoms with Crippen LogP contribution in [0.2, 0.25) is 0 Å². The molecule has 0 N–H and O–H groups in total. The van der Waals surface area contributed by atoms with Gasteiger partial charge < -0.3 is 0 Å². The van der Waals surface area contributed by atoms with E-state index in [4.69, 9.17) is 0 Å². The normalized spacial score (nSPS) is 9.80. The molecule has 0 aliphatic carbocycles. The highest BCUT2D eigenvalue weighted by molar-refractivity contribution is 5.22. The van der Waals surface area contributed by atoms with Crippen molar-refractivity contribution < 1.29 is 2.85 Å². The molecule has 10 heavy (non-hydrogen) atoms. The minimum absolute atomic E-state index is 0. The summed E-state index contributed by atoms with van der Waals surface area (Å²) in [6.07, 6.45) is 2.29. The molecule has 0 aromatic heterocycles. The number of hydrogen-bond donors (Lipinski definition) is 0. The SMILES string of the molecule is CCc1ccc(CC)cc1.[HH].[HH]. The van der Waals surface area contributed by atoms with E-state index in [0.29, 0.717) is 0 Å². The van der Waals surface area contributed by atoms with Gasteiger partial charge in [-0.3, -0.25) is 0 Å². The van der Waals surface area contributed by atoms with Gasteiger partial charge in [-0.2, -0.15) is 0 Å². The first kappa shape index (κ1) is 7.33. The third-order valence-corrected chi connectivity index (χ3v) is 1.84.